The minimum Gasteiger partial charge on any atom is -0.458 e. The summed E-state index contributed by atoms with van der Waals surface area (Å²) in [5.74, 6) is 1.43. The first-order chi connectivity index (χ1) is 17.0. The van der Waals surface area contributed by atoms with Crippen molar-refractivity contribution in [1.29, 1.82) is 0 Å². The lowest BCUT2D eigenvalue weighted by atomic mass is 9.99. The largest absolute Gasteiger partial charge is 0.458 e. The van der Waals surface area contributed by atoms with Crippen LogP contribution < -0.4 is 5.32 Å². The molecule has 0 aromatic carbocycles. The van der Waals surface area contributed by atoms with Crippen molar-refractivity contribution >= 4 is 11.8 Å². The molecular weight excluding hydrogens is 462 g/mol. The molecule has 0 bridgehead atoms. The highest BCUT2D eigenvalue weighted by Gasteiger charge is 2.32. The molecule has 1 saturated heterocycles. The SMILES string of the molecule is Cc1ccc(-c2nnn(CC(=O)N(CCCN3CCOCC3)C(CC(C)C)C(=O)NC(C)(C)C)n2)o1. The molecule has 0 radical (unpaired) electrons. The quantitative estimate of drug-likeness (QED) is 0.495. The first kappa shape index (κ1) is 27.8. The Morgan fingerprint density at radius 3 is 2.53 bits per heavy atom. The summed E-state index contributed by atoms with van der Waals surface area (Å²) >= 11 is 0. The molecule has 3 rings (SSSR count). The summed E-state index contributed by atoms with van der Waals surface area (Å²) in [6, 6.07) is 3.00. The smallest absolute Gasteiger partial charge is 0.246 e. The Morgan fingerprint density at radius 1 is 1.19 bits per heavy atom. The number of ether oxygens (including phenoxy) is 1. The van der Waals surface area contributed by atoms with E-state index in [2.05, 4.69) is 39.5 Å². The van der Waals surface area contributed by atoms with Gasteiger partial charge in [-0.15, -0.1) is 10.2 Å². The summed E-state index contributed by atoms with van der Waals surface area (Å²) in [6.45, 7) is 16.2. The monoisotopic (exact) mass is 503 g/mol. The molecule has 200 valence electrons. The molecular formula is C25H41N7O4. The predicted octanol–water partition coefficient (Wildman–Crippen LogP) is 2.12. The summed E-state index contributed by atoms with van der Waals surface area (Å²) in [7, 11) is 0. The standard InChI is InChI=1S/C25H41N7O4/c1-18(2)16-20(24(34)26-25(4,5)6)31(11-7-10-30-12-14-35-15-13-30)22(33)17-32-28-23(27-29-32)21-9-8-19(3)36-21/h8-9,18,20H,7,10-17H2,1-6H3,(H,26,34). The van der Waals surface area contributed by atoms with E-state index in [9.17, 15) is 9.59 Å². The van der Waals surface area contributed by atoms with Crippen molar-refractivity contribution < 1.29 is 18.7 Å². The number of aromatic nitrogens is 4. The van der Waals surface area contributed by atoms with Gasteiger partial charge in [0.05, 0.1) is 13.2 Å². The van der Waals surface area contributed by atoms with Crippen molar-refractivity contribution in [3.8, 4) is 11.6 Å². The number of hydrogen-bond donors (Lipinski definition) is 1. The summed E-state index contributed by atoms with van der Waals surface area (Å²) in [5.41, 5.74) is -0.404. The molecule has 0 saturated carbocycles. The number of carbonyl (C=O) groups is 2. The first-order valence-corrected chi connectivity index (χ1v) is 12.8. The van der Waals surface area contributed by atoms with Gasteiger partial charge in [-0.2, -0.15) is 4.80 Å². The number of aryl methyl sites for hydroxylation is 1. The molecule has 3 heterocycles. The van der Waals surface area contributed by atoms with E-state index in [0.29, 0.717) is 24.6 Å². The number of tetrazole rings is 1. The van der Waals surface area contributed by atoms with Gasteiger partial charge in [-0.3, -0.25) is 14.5 Å². The van der Waals surface area contributed by atoms with Crippen molar-refractivity contribution in [2.24, 2.45) is 5.92 Å². The highest BCUT2D eigenvalue weighted by Crippen LogP contribution is 2.18. The minimum atomic E-state index is -0.586. The van der Waals surface area contributed by atoms with E-state index in [1.165, 1.54) is 4.80 Å². The normalized spacial score (nSPS) is 15.8. The third-order valence-corrected chi connectivity index (χ3v) is 5.86. The second kappa shape index (κ2) is 12.4. The molecule has 11 nitrogen and oxygen atoms in total. The second-order valence-corrected chi connectivity index (χ2v) is 10.8. The van der Waals surface area contributed by atoms with Crippen molar-refractivity contribution in [3.63, 3.8) is 0 Å². The van der Waals surface area contributed by atoms with Crippen LogP contribution in [0, 0.1) is 12.8 Å². The van der Waals surface area contributed by atoms with Crippen LogP contribution in [0.15, 0.2) is 16.5 Å². The summed E-state index contributed by atoms with van der Waals surface area (Å²) in [4.78, 5) is 32.2. The molecule has 11 heteroatoms. The average Bonchev–Trinajstić information content (AvgIpc) is 3.43. The molecule has 2 aromatic rings. The molecule has 1 atom stereocenters. The Balaban J connectivity index is 1.76. The first-order valence-electron chi connectivity index (χ1n) is 12.8. The van der Waals surface area contributed by atoms with Gasteiger partial charge in [-0.1, -0.05) is 13.8 Å². The number of rotatable bonds is 11. The molecule has 1 aliphatic rings. The summed E-state index contributed by atoms with van der Waals surface area (Å²) in [5, 5.41) is 15.5. The van der Waals surface area contributed by atoms with Gasteiger partial charge in [0.2, 0.25) is 17.6 Å². The second-order valence-electron chi connectivity index (χ2n) is 10.8. The van der Waals surface area contributed by atoms with E-state index >= 15 is 0 Å². The van der Waals surface area contributed by atoms with Gasteiger partial charge in [0.25, 0.3) is 0 Å². The van der Waals surface area contributed by atoms with Crippen LogP contribution in [0.2, 0.25) is 0 Å². The van der Waals surface area contributed by atoms with Gasteiger partial charge in [0, 0.05) is 31.7 Å². The van der Waals surface area contributed by atoms with Crippen molar-refractivity contribution in [2.45, 2.75) is 72.5 Å². The Hall–Kier alpha value is -2.79. The molecule has 0 spiro atoms. The fourth-order valence-electron chi connectivity index (χ4n) is 4.19. The molecule has 1 N–H and O–H groups in total. The minimum absolute atomic E-state index is 0.109. The fraction of sp³-hybridized carbons (Fsp3) is 0.720. The number of hydrogen-bond acceptors (Lipinski definition) is 8. The lowest BCUT2D eigenvalue weighted by Crippen LogP contribution is -2.55. The molecule has 1 unspecified atom stereocenters. The van der Waals surface area contributed by atoms with Crippen molar-refractivity contribution in [3.05, 3.63) is 17.9 Å². The zero-order valence-corrected chi connectivity index (χ0v) is 22.5. The Kier molecular flexibility index (Phi) is 9.61. The van der Waals surface area contributed by atoms with Crippen LogP contribution in [-0.2, 0) is 20.9 Å². The van der Waals surface area contributed by atoms with Crippen LogP contribution in [0.3, 0.4) is 0 Å². The van der Waals surface area contributed by atoms with Crippen LogP contribution >= 0.6 is 0 Å². The zero-order chi connectivity index (χ0) is 26.3. The molecule has 2 amide bonds. The van der Waals surface area contributed by atoms with Gasteiger partial charge >= 0.3 is 0 Å². The number of amides is 2. The molecule has 1 fully saturated rings. The van der Waals surface area contributed by atoms with E-state index in [1.807, 2.05) is 33.8 Å². The van der Waals surface area contributed by atoms with Crippen LogP contribution in [0.4, 0.5) is 0 Å². The Morgan fingerprint density at radius 2 is 1.92 bits per heavy atom. The predicted molar refractivity (Wildman–Crippen MR) is 135 cm³/mol. The third-order valence-electron chi connectivity index (χ3n) is 5.86. The fourth-order valence-corrected chi connectivity index (χ4v) is 4.19. The van der Waals surface area contributed by atoms with Crippen molar-refractivity contribution in [2.75, 3.05) is 39.4 Å². The number of furan rings is 1. The maximum absolute atomic E-state index is 13.6. The molecule has 1 aliphatic heterocycles. The zero-order valence-electron chi connectivity index (χ0n) is 22.5. The highest BCUT2D eigenvalue weighted by atomic mass is 16.5. The summed E-state index contributed by atoms with van der Waals surface area (Å²) < 4.78 is 11.0. The molecule has 2 aromatic heterocycles. The molecule has 0 aliphatic carbocycles. The van der Waals surface area contributed by atoms with Crippen molar-refractivity contribution in [1.82, 2.24) is 35.3 Å². The lowest BCUT2D eigenvalue weighted by Gasteiger charge is -2.35. The average molecular weight is 504 g/mol. The topological polar surface area (TPSA) is 119 Å². The highest BCUT2D eigenvalue weighted by molar-refractivity contribution is 5.88. The maximum atomic E-state index is 13.6. The number of carbonyl (C=O) groups excluding carboxylic acids is 2. The number of nitrogens with zero attached hydrogens (tertiary/aromatic N) is 6. The van der Waals surface area contributed by atoms with Gasteiger partial charge in [-0.25, -0.2) is 0 Å². The van der Waals surface area contributed by atoms with Crippen LogP contribution in [0.25, 0.3) is 11.6 Å². The maximum Gasteiger partial charge on any atom is 0.246 e. The van der Waals surface area contributed by atoms with Gasteiger partial charge in [0.15, 0.2) is 5.76 Å². The Bertz CT molecular complexity index is 989. The number of nitrogens with one attached hydrogen (secondary N) is 1. The van der Waals surface area contributed by atoms with Gasteiger partial charge in [0.1, 0.15) is 18.3 Å². The molecule has 36 heavy (non-hydrogen) atoms. The van der Waals surface area contributed by atoms with Gasteiger partial charge in [-0.05, 0) is 63.8 Å². The lowest BCUT2D eigenvalue weighted by molar-refractivity contribution is -0.142. The third kappa shape index (κ3) is 8.41. The Labute approximate surface area is 213 Å². The van der Waals surface area contributed by atoms with E-state index in [0.717, 1.165) is 45.0 Å². The summed E-state index contributed by atoms with van der Waals surface area (Å²) in [6.07, 6.45) is 1.32. The number of morpholine rings is 1. The van der Waals surface area contributed by atoms with Crippen LogP contribution in [0.5, 0.6) is 0 Å². The van der Waals surface area contributed by atoms with E-state index in [1.54, 1.807) is 11.0 Å². The van der Waals surface area contributed by atoms with Gasteiger partial charge < -0.3 is 19.4 Å². The van der Waals surface area contributed by atoms with E-state index in [4.69, 9.17) is 9.15 Å². The van der Waals surface area contributed by atoms with Crippen LogP contribution in [-0.4, -0.2) is 92.8 Å². The van der Waals surface area contributed by atoms with E-state index < -0.39 is 11.6 Å². The van der Waals surface area contributed by atoms with E-state index in [-0.39, 0.29) is 24.3 Å². The van der Waals surface area contributed by atoms with Crippen LogP contribution in [0.1, 0.15) is 53.2 Å².